The number of aliphatic hydroxyl groups excluding tert-OH is 2. The summed E-state index contributed by atoms with van der Waals surface area (Å²) in [5, 5.41) is 16.7. The fourth-order valence-corrected chi connectivity index (χ4v) is 0.996. The number of thiocarbonyl (C=S) groups is 2. The fourth-order valence-electron chi connectivity index (χ4n) is 0.580. The molecule has 0 bridgehead atoms. The van der Waals surface area contributed by atoms with Crippen LogP contribution in [0.2, 0.25) is 0 Å². The molecule has 0 saturated heterocycles. The van der Waals surface area contributed by atoms with Crippen molar-refractivity contribution in [2.45, 2.75) is 13.3 Å². The van der Waals surface area contributed by atoms with E-state index in [4.69, 9.17) is 10.2 Å². The maximum Gasteiger partial charge on any atom is 0.167 e. The molecule has 0 saturated carbocycles. The van der Waals surface area contributed by atoms with Crippen LogP contribution in [0.5, 0.6) is 0 Å². The van der Waals surface area contributed by atoms with E-state index in [0.29, 0.717) is 0 Å². The molecule has 0 spiro atoms. The van der Waals surface area contributed by atoms with E-state index in [2.05, 4.69) is 24.4 Å². The van der Waals surface area contributed by atoms with Crippen molar-refractivity contribution in [1.82, 2.24) is 0 Å². The zero-order valence-corrected chi connectivity index (χ0v) is 7.54. The lowest BCUT2D eigenvalue weighted by atomic mass is 10.0. The van der Waals surface area contributed by atoms with Crippen LogP contribution >= 0.6 is 24.4 Å². The first kappa shape index (κ1) is 10.4. The molecule has 0 rings (SSSR count). The van der Waals surface area contributed by atoms with Crippen LogP contribution < -0.4 is 0 Å². The SMILES string of the molecule is CC(=O)C(CC(O)=S)C(O)=S. The number of rotatable bonds is 4. The van der Waals surface area contributed by atoms with Gasteiger partial charge in [-0.05, 0) is 31.4 Å². The minimum absolute atomic E-state index is 0.0694. The second kappa shape index (κ2) is 4.35. The maximum absolute atomic E-state index is 10.7. The van der Waals surface area contributed by atoms with Crippen molar-refractivity contribution >= 4 is 40.3 Å². The molecule has 11 heavy (non-hydrogen) atoms. The molecule has 0 aromatic rings. The summed E-state index contributed by atoms with van der Waals surface area (Å²) in [6.07, 6.45) is -0.0694. The van der Waals surface area contributed by atoms with Gasteiger partial charge in [-0.1, -0.05) is 0 Å². The average molecular weight is 192 g/mol. The van der Waals surface area contributed by atoms with Gasteiger partial charge in [0.1, 0.15) is 5.78 Å². The highest BCUT2D eigenvalue weighted by Gasteiger charge is 2.20. The van der Waals surface area contributed by atoms with Crippen LogP contribution in [0.1, 0.15) is 13.3 Å². The lowest BCUT2D eigenvalue weighted by molar-refractivity contribution is -0.118. The maximum atomic E-state index is 10.7. The second-order valence-corrected chi connectivity index (χ2v) is 2.99. The molecule has 5 heteroatoms. The quantitative estimate of drug-likeness (QED) is 0.658. The van der Waals surface area contributed by atoms with Gasteiger partial charge in [-0.3, -0.25) is 4.79 Å². The zero-order valence-electron chi connectivity index (χ0n) is 5.90. The largest absolute Gasteiger partial charge is 0.502 e. The number of carbonyl (C=O) groups is 1. The van der Waals surface area contributed by atoms with Gasteiger partial charge in [0.25, 0.3) is 0 Å². The summed E-state index contributed by atoms with van der Waals surface area (Å²) in [6, 6.07) is 0. The molecule has 0 aromatic heterocycles. The van der Waals surface area contributed by atoms with Gasteiger partial charge < -0.3 is 10.2 Å². The Bertz CT molecular complexity index is 186. The Balaban J connectivity index is 4.23. The summed E-state index contributed by atoms with van der Waals surface area (Å²) in [4.78, 5) is 10.7. The molecule has 0 aliphatic carbocycles. The van der Waals surface area contributed by atoms with Crippen molar-refractivity contribution in [2.24, 2.45) is 5.92 Å². The van der Waals surface area contributed by atoms with Crippen molar-refractivity contribution < 1.29 is 15.0 Å². The van der Waals surface area contributed by atoms with Crippen LogP contribution in [0.4, 0.5) is 0 Å². The first-order valence-corrected chi connectivity index (χ1v) is 3.72. The molecular weight excluding hydrogens is 184 g/mol. The highest BCUT2D eigenvalue weighted by Crippen LogP contribution is 2.06. The van der Waals surface area contributed by atoms with Gasteiger partial charge in [0.2, 0.25) is 0 Å². The first-order chi connectivity index (χ1) is 4.95. The summed E-state index contributed by atoms with van der Waals surface area (Å²) in [6.45, 7) is 1.28. The summed E-state index contributed by atoms with van der Waals surface area (Å²) in [5.74, 6) is -1.13. The van der Waals surface area contributed by atoms with Gasteiger partial charge in [-0.2, -0.15) is 0 Å². The Kier molecular flexibility index (Phi) is 4.14. The predicted octanol–water partition coefficient (Wildman–Crippen LogP) is 1.35. The molecule has 1 atom stereocenters. The third kappa shape index (κ3) is 4.00. The molecule has 0 amide bonds. The summed E-state index contributed by atoms with van der Waals surface area (Å²) < 4.78 is 0. The van der Waals surface area contributed by atoms with Crippen LogP contribution in [0, 0.1) is 5.92 Å². The van der Waals surface area contributed by atoms with Crippen molar-refractivity contribution in [3.05, 3.63) is 0 Å². The van der Waals surface area contributed by atoms with Crippen molar-refractivity contribution in [3.8, 4) is 0 Å². The summed E-state index contributed by atoms with van der Waals surface area (Å²) >= 11 is 8.72. The number of hydrogen-bond acceptors (Lipinski definition) is 3. The van der Waals surface area contributed by atoms with Gasteiger partial charge in [0, 0.05) is 6.42 Å². The molecular formula is C6H8O3S2. The Morgan fingerprint density at radius 2 is 1.91 bits per heavy atom. The highest BCUT2D eigenvalue weighted by atomic mass is 32.1. The number of Topliss-reactive ketones (excluding diaryl/α,β-unsaturated/α-hetero) is 1. The van der Waals surface area contributed by atoms with E-state index in [0.717, 1.165) is 0 Å². The standard InChI is InChI=1S/C6H8O3S2/c1-3(7)4(6(9)11)2-5(8)10/h4H,2H2,1H3,(H,8,10)(H,9,11). The van der Waals surface area contributed by atoms with Crippen LogP contribution in [-0.2, 0) is 4.79 Å². The van der Waals surface area contributed by atoms with E-state index in [-0.39, 0.29) is 17.3 Å². The third-order valence-electron chi connectivity index (χ3n) is 1.17. The predicted molar refractivity (Wildman–Crippen MR) is 49.2 cm³/mol. The first-order valence-electron chi connectivity index (χ1n) is 2.90. The van der Waals surface area contributed by atoms with Crippen LogP contribution in [-0.4, -0.2) is 26.1 Å². The Hall–Kier alpha value is -0.550. The topological polar surface area (TPSA) is 57.5 Å². The van der Waals surface area contributed by atoms with E-state index in [1.54, 1.807) is 0 Å². The second-order valence-electron chi connectivity index (χ2n) is 2.10. The van der Waals surface area contributed by atoms with E-state index in [1.165, 1.54) is 6.92 Å². The molecule has 0 heterocycles. The van der Waals surface area contributed by atoms with E-state index >= 15 is 0 Å². The smallest absolute Gasteiger partial charge is 0.167 e. The zero-order chi connectivity index (χ0) is 9.02. The summed E-state index contributed by atoms with van der Waals surface area (Å²) in [7, 11) is 0. The fraction of sp³-hybridized carbons (Fsp3) is 0.500. The molecule has 3 nitrogen and oxygen atoms in total. The van der Waals surface area contributed by atoms with Gasteiger partial charge in [0.15, 0.2) is 10.1 Å². The van der Waals surface area contributed by atoms with Crippen molar-refractivity contribution in [1.29, 1.82) is 0 Å². The van der Waals surface area contributed by atoms with Crippen molar-refractivity contribution in [2.75, 3.05) is 0 Å². The van der Waals surface area contributed by atoms with Crippen LogP contribution in [0.15, 0.2) is 0 Å². The lowest BCUT2D eigenvalue weighted by Crippen LogP contribution is -2.22. The molecule has 1 unspecified atom stereocenters. The molecule has 0 radical (unpaired) electrons. The molecule has 0 aliphatic heterocycles. The third-order valence-corrected chi connectivity index (χ3v) is 1.62. The van der Waals surface area contributed by atoms with Gasteiger partial charge in [0.05, 0.1) is 5.92 Å². The molecule has 0 aromatic carbocycles. The number of hydrogen-bond donors (Lipinski definition) is 2. The number of carbonyl (C=O) groups excluding carboxylic acids is 1. The van der Waals surface area contributed by atoms with Gasteiger partial charge >= 0.3 is 0 Å². The lowest BCUT2D eigenvalue weighted by Gasteiger charge is -2.07. The number of aliphatic hydroxyl groups is 2. The van der Waals surface area contributed by atoms with E-state index in [9.17, 15) is 4.79 Å². The van der Waals surface area contributed by atoms with Crippen LogP contribution in [0.25, 0.3) is 0 Å². The van der Waals surface area contributed by atoms with E-state index in [1.807, 2.05) is 0 Å². The Morgan fingerprint density at radius 1 is 1.45 bits per heavy atom. The molecule has 62 valence electrons. The van der Waals surface area contributed by atoms with Gasteiger partial charge in [-0.15, -0.1) is 0 Å². The minimum atomic E-state index is -0.831. The monoisotopic (exact) mass is 192 g/mol. The van der Waals surface area contributed by atoms with Gasteiger partial charge in [-0.25, -0.2) is 0 Å². The average Bonchev–Trinajstić information content (AvgIpc) is 1.81. The van der Waals surface area contributed by atoms with Crippen LogP contribution in [0.3, 0.4) is 0 Å². The highest BCUT2D eigenvalue weighted by molar-refractivity contribution is 7.80. The Morgan fingerprint density at radius 3 is 2.00 bits per heavy atom. The Labute approximate surface area is 75.0 Å². The number of ketones is 1. The van der Waals surface area contributed by atoms with E-state index < -0.39 is 11.0 Å². The molecule has 2 N–H and O–H groups in total. The molecule has 0 aliphatic rings. The van der Waals surface area contributed by atoms with Crippen molar-refractivity contribution in [3.63, 3.8) is 0 Å². The summed E-state index contributed by atoms with van der Waals surface area (Å²) in [5.41, 5.74) is 0. The minimum Gasteiger partial charge on any atom is -0.502 e. The normalized spacial score (nSPS) is 12.1. The molecule has 0 fully saturated rings.